The summed E-state index contributed by atoms with van der Waals surface area (Å²) in [5.41, 5.74) is 1.16. The quantitative estimate of drug-likeness (QED) is 0.857. The molecule has 1 aliphatic rings. The van der Waals surface area contributed by atoms with Crippen molar-refractivity contribution in [1.82, 2.24) is 4.72 Å². The van der Waals surface area contributed by atoms with Crippen LogP contribution < -0.4 is 4.72 Å². The van der Waals surface area contributed by atoms with Crippen molar-refractivity contribution in [2.75, 3.05) is 0 Å². The molecule has 0 bridgehead atoms. The third-order valence-corrected chi connectivity index (χ3v) is 4.62. The van der Waals surface area contributed by atoms with Gasteiger partial charge >= 0.3 is 0 Å². The Kier molecular flexibility index (Phi) is 3.77. The second-order valence-electron chi connectivity index (χ2n) is 4.68. The van der Waals surface area contributed by atoms with Crippen molar-refractivity contribution >= 4 is 11.0 Å². The van der Waals surface area contributed by atoms with E-state index in [2.05, 4.69) is 11.6 Å². The van der Waals surface area contributed by atoms with Gasteiger partial charge in [0.1, 0.15) is 11.0 Å². The molecule has 1 fully saturated rings. The first-order valence-corrected chi connectivity index (χ1v) is 7.06. The topological polar surface area (TPSA) is 29.1 Å². The van der Waals surface area contributed by atoms with Gasteiger partial charge in [0, 0.05) is 6.04 Å². The van der Waals surface area contributed by atoms with Crippen molar-refractivity contribution in [1.29, 1.82) is 0 Å². The molecule has 0 heterocycles. The number of benzene rings is 1. The molecular weight excluding hydrogens is 218 g/mol. The van der Waals surface area contributed by atoms with Crippen molar-refractivity contribution in [2.24, 2.45) is 5.92 Å². The number of nitrogens with one attached hydrogen (secondary N) is 1. The van der Waals surface area contributed by atoms with Crippen LogP contribution in [0.15, 0.2) is 29.2 Å². The van der Waals surface area contributed by atoms with Gasteiger partial charge in [0.2, 0.25) is 0 Å². The first kappa shape index (κ1) is 11.8. The van der Waals surface area contributed by atoms with E-state index in [1.54, 1.807) is 0 Å². The Morgan fingerprint density at radius 2 is 2.19 bits per heavy atom. The predicted octanol–water partition coefficient (Wildman–Crippen LogP) is 2.80. The number of hydrogen-bond donors (Lipinski definition) is 1. The zero-order valence-electron chi connectivity index (χ0n) is 9.90. The van der Waals surface area contributed by atoms with Gasteiger partial charge in [0.25, 0.3) is 0 Å². The maximum atomic E-state index is 12.1. The van der Waals surface area contributed by atoms with Crippen molar-refractivity contribution in [3.63, 3.8) is 0 Å². The summed E-state index contributed by atoms with van der Waals surface area (Å²) >= 11 is 0. The maximum absolute atomic E-state index is 12.1. The third kappa shape index (κ3) is 2.71. The van der Waals surface area contributed by atoms with E-state index in [1.807, 2.05) is 31.2 Å². The summed E-state index contributed by atoms with van der Waals surface area (Å²) in [7, 11) is -1.06. The van der Waals surface area contributed by atoms with Gasteiger partial charge in [-0.3, -0.25) is 0 Å². The van der Waals surface area contributed by atoms with E-state index in [1.165, 1.54) is 19.3 Å². The van der Waals surface area contributed by atoms with Gasteiger partial charge < -0.3 is 0 Å². The van der Waals surface area contributed by atoms with Crippen LogP contribution in [0, 0.1) is 12.8 Å². The lowest BCUT2D eigenvalue weighted by molar-refractivity contribution is 0.262. The van der Waals surface area contributed by atoms with Crippen molar-refractivity contribution in [3.05, 3.63) is 29.8 Å². The first-order valence-electron chi connectivity index (χ1n) is 5.91. The van der Waals surface area contributed by atoms with Crippen LogP contribution in [0.4, 0.5) is 0 Å². The lowest BCUT2D eigenvalue weighted by Crippen LogP contribution is -2.38. The average molecular weight is 237 g/mol. The Hall–Kier alpha value is -0.670. The number of rotatable bonds is 4. The minimum atomic E-state index is -1.06. The minimum Gasteiger partial charge on any atom is -0.237 e. The molecule has 1 N–H and O–H groups in total. The lowest BCUT2D eigenvalue weighted by Gasteiger charge is -2.31. The summed E-state index contributed by atoms with van der Waals surface area (Å²) in [4.78, 5) is 0.881. The van der Waals surface area contributed by atoms with E-state index in [-0.39, 0.29) is 0 Å². The van der Waals surface area contributed by atoms with E-state index in [4.69, 9.17) is 0 Å². The van der Waals surface area contributed by atoms with Gasteiger partial charge in [0.05, 0.1) is 4.90 Å². The molecule has 0 aliphatic heterocycles. The van der Waals surface area contributed by atoms with Gasteiger partial charge in [-0.15, -0.1) is 0 Å². The summed E-state index contributed by atoms with van der Waals surface area (Å²) in [5, 5.41) is 0. The van der Waals surface area contributed by atoms with Gasteiger partial charge in [-0.05, 0) is 50.3 Å². The smallest absolute Gasteiger partial charge is 0.125 e. The van der Waals surface area contributed by atoms with Crippen LogP contribution in [0.5, 0.6) is 0 Å². The fraction of sp³-hybridized carbons (Fsp3) is 0.538. The van der Waals surface area contributed by atoms with Crippen LogP contribution in [-0.4, -0.2) is 10.3 Å². The maximum Gasteiger partial charge on any atom is 0.125 e. The molecule has 1 saturated carbocycles. The fourth-order valence-corrected chi connectivity index (χ4v) is 3.16. The molecule has 2 rings (SSSR count). The van der Waals surface area contributed by atoms with Crippen LogP contribution >= 0.6 is 0 Å². The van der Waals surface area contributed by atoms with Crippen LogP contribution in [0.2, 0.25) is 0 Å². The second-order valence-corrected chi connectivity index (χ2v) is 5.93. The molecule has 2 nitrogen and oxygen atoms in total. The molecule has 2 atom stereocenters. The molecule has 0 amide bonds. The Morgan fingerprint density at radius 3 is 2.75 bits per heavy atom. The predicted molar refractivity (Wildman–Crippen MR) is 67.5 cm³/mol. The molecule has 0 radical (unpaired) electrons. The molecule has 16 heavy (non-hydrogen) atoms. The van der Waals surface area contributed by atoms with Crippen molar-refractivity contribution < 1.29 is 4.21 Å². The zero-order valence-corrected chi connectivity index (χ0v) is 10.7. The molecule has 1 aromatic rings. The van der Waals surface area contributed by atoms with Gasteiger partial charge in [-0.1, -0.05) is 18.6 Å². The summed E-state index contributed by atoms with van der Waals surface area (Å²) < 4.78 is 15.2. The van der Waals surface area contributed by atoms with Crippen LogP contribution in [0.25, 0.3) is 0 Å². The molecule has 2 unspecified atom stereocenters. The van der Waals surface area contributed by atoms with E-state index in [9.17, 15) is 4.21 Å². The summed E-state index contributed by atoms with van der Waals surface area (Å²) in [6, 6.07) is 8.24. The fourth-order valence-electron chi connectivity index (χ4n) is 2.00. The standard InChI is InChI=1S/C13H19NOS/c1-10-5-3-8-13(9-10)16(15)14-11(2)12-6-4-7-12/h3,5,8-9,11-12,14H,4,6-7H2,1-2H3. The highest BCUT2D eigenvalue weighted by Crippen LogP contribution is 2.29. The number of hydrogen-bond acceptors (Lipinski definition) is 1. The van der Waals surface area contributed by atoms with Gasteiger partial charge in [-0.25, -0.2) is 8.93 Å². The molecule has 0 aromatic heterocycles. The van der Waals surface area contributed by atoms with E-state index in [0.29, 0.717) is 12.0 Å². The summed E-state index contributed by atoms with van der Waals surface area (Å²) in [6.45, 7) is 4.16. The van der Waals surface area contributed by atoms with E-state index < -0.39 is 11.0 Å². The summed E-state index contributed by atoms with van der Waals surface area (Å²) in [5.74, 6) is 0.716. The Bertz CT molecular complexity index is 387. The third-order valence-electron chi connectivity index (χ3n) is 3.35. The molecule has 1 aromatic carbocycles. The highest BCUT2D eigenvalue weighted by molar-refractivity contribution is 7.83. The molecule has 1 aliphatic carbocycles. The molecular formula is C13H19NOS. The van der Waals surface area contributed by atoms with Crippen LogP contribution in [0.1, 0.15) is 31.7 Å². The largest absolute Gasteiger partial charge is 0.237 e. The van der Waals surface area contributed by atoms with Crippen molar-refractivity contribution in [2.45, 2.75) is 44.0 Å². The molecule has 88 valence electrons. The summed E-state index contributed by atoms with van der Waals surface area (Å²) in [6.07, 6.45) is 3.88. The van der Waals surface area contributed by atoms with Crippen LogP contribution in [-0.2, 0) is 11.0 Å². The van der Waals surface area contributed by atoms with Gasteiger partial charge in [0.15, 0.2) is 0 Å². The Labute approximate surface area is 100 Å². The minimum absolute atomic E-state index is 0.357. The SMILES string of the molecule is Cc1cccc(S(=O)NC(C)C2CCC2)c1. The molecule has 3 heteroatoms. The highest BCUT2D eigenvalue weighted by Gasteiger charge is 2.25. The zero-order chi connectivity index (χ0) is 11.5. The monoisotopic (exact) mass is 237 g/mol. The highest BCUT2D eigenvalue weighted by atomic mass is 32.2. The second kappa shape index (κ2) is 5.11. The first-order chi connectivity index (χ1) is 7.66. The van der Waals surface area contributed by atoms with Crippen LogP contribution in [0.3, 0.4) is 0 Å². The van der Waals surface area contributed by atoms with Crippen molar-refractivity contribution in [3.8, 4) is 0 Å². The van der Waals surface area contributed by atoms with E-state index >= 15 is 0 Å². The normalized spacial score (nSPS) is 20.1. The molecule has 0 saturated heterocycles. The Morgan fingerprint density at radius 1 is 1.44 bits per heavy atom. The number of aryl methyl sites for hydroxylation is 1. The lowest BCUT2D eigenvalue weighted by atomic mass is 9.81. The Balaban J connectivity index is 1.96. The molecule has 0 spiro atoms. The van der Waals surface area contributed by atoms with E-state index in [0.717, 1.165) is 10.5 Å². The average Bonchev–Trinajstić information content (AvgIpc) is 2.14. The van der Waals surface area contributed by atoms with Gasteiger partial charge in [-0.2, -0.15) is 0 Å².